The molecule has 5 nitrogen and oxygen atoms in total. The predicted octanol–water partition coefficient (Wildman–Crippen LogP) is 2.55. The van der Waals surface area contributed by atoms with Crippen LogP contribution in [0.5, 0.6) is 0 Å². The summed E-state index contributed by atoms with van der Waals surface area (Å²) in [5.41, 5.74) is 1.66. The number of amides is 1. The number of hydrogen-bond donors (Lipinski definition) is 0. The number of allylic oxidation sites excluding steroid dienone is 2. The van der Waals surface area contributed by atoms with Gasteiger partial charge in [0.1, 0.15) is 0 Å². The maximum Gasteiger partial charge on any atom is 0.228 e. The molecule has 116 valence electrons. The number of aromatic nitrogens is 2. The Balaban J connectivity index is 1.95. The van der Waals surface area contributed by atoms with Crippen LogP contribution in [0.15, 0.2) is 12.3 Å². The second-order valence-electron chi connectivity index (χ2n) is 6.93. The normalized spacial score (nSPS) is 18.2. The van der Waals surface area contributed by atoms with Gasteiger partial charge in [-0.05, 0) is 12.8 Å². The third kappa shape index (κ3) is 2.56. The zero-order chi connectivity index (χ0) is 15.9. The number of anilines is 1. The average Bonchev–Trinajstić information content (AvgIpc) is 2.88. The smallest absolute Gasteiger partial charge is 0.228 e. The van der Waals surface area contributed by atoms with Gasteiger partial charge in [-0.1, -0.05) is 26.8 Å². The van der Waals surface area contributed by atoms with Crippen LogP contribution in [0.4, 0.5) is 5.82 Å². The summed E-state index contributed by atoms with van der Waals surface area (Å²) in [5, 5.41) is 0. The highest BCUT2D eigenvalue weighted by molar-refractivity contribution is 6.23. The van der Waals surface area contributed by atoms with E-state index in [4.69, 9.17) is 0 Å². The van der Waals surface area contributed by atoms with E-state index in [0.717, 1.165) is 18.5 Å². The Bertz CT molecular complexity index is 671. The Morgan fingerprint density at radius 2 is 2.05 bits per heavy atom. The molecule has 1 aliphatic heterocycles. The fourth-order valence-corrected chi connectivity index (χ4v) is 2.85. The summed E-state index contributed by atoms with van der Waals surface area (Å²) in [4.78, 5) is 35.3. The van der Waals surface area contributed by atoms with Crippen molar-refractivity contribution in [2.75, 3.05) is 11.4 Å². The SMILES string of the molecule is CC(C)(C)C(=O)C1=CCc2ncc(N3CCCCC3=O)nc21. The molecule has 0 radical (unpaired) electrons. The molecule has 0 unspecified atom stereocenters. The number of rotatable bonds is 2. The van der Waals surface area contributed by atoms with Gasteiger partial charge in [0.05, 0.1) is 17.6 Å². The number of Topliss-reactive ketones (excluding diaryl/α,β-unsaturated/α-hetero) is 1. The van der Waals surface area contributed by atoms with Crippen LogP contribution in [0.1, 0.15) is 51.4 Å². The van der Waals surface area contributed by atoms with E-state index in [1.54, 1.807) is 11.1 Å². The topological polar surface area (TPSA) is 63.2 Å². The lowest BCUT2D eigenvalue weighted by molar-refractivity contribution is -0.120. The van der Waals surface area contributed by atoms with Gasteiger partial charge in [-0.15, -0.1) is 0 Å². The van der Waals surface area contributed by atoms with Gasteiger partial charge >= 0.3 is 0 Å². The maximum absolute atomic E-state index is 12.6. The van der Waals surface area contributed by atoms with E-state index in [1.165, 1.54) is 0 Å². The van der Waals surface area contributed by atoms with Crippen molar-refractivity contribution in [2.24, 2.45) is 5.41 Å². The first-order valence-corrected chi connectivity index (χ1v) is 7.79. The van der Waals surface area contributed by atoms with Crippen molar-refractivity contribution in [3.63, 3.8) is 0 Å². The summed E-state index contributed by atoms with van der Waals surface area (Å²) in [7, 11) is 0. The summed E-state index contributed by atoms with van der Waals surface area (Å²) in [5.74, 6) is 0.729. The van der Waals surface area contributed by atoms with Gasteiger partial charge in [0.25, 0.3) is 0 Å². The Kier molecular flexibility index (Phi) is 3.59. The minimum absolute atomic E-state index is 0.0719. The van der Waals surface area contributed by atoms with Crippen LogP contribution in [0.3, 0.4) is 0 Å². The van der Waals surface area contributed by atoms with Crippen molar-refractivity contribution in [1.29, 1.82) is 0 Å². The highest BCUT2D eigenvalue weighted by atomic mass is 16.2. The van der Waals surface area contributed by atoms with E-state index in [-0.39, 0.29) is 11.7 Å². The van der Waals surface area contributed by atoms with Crippen molar-refractivity contribution >= 4 is 23.1 Å². The van der Waals surface area contributed by atoms with E-state index in [2.05, 4.69) is 9.97 Å². The molecule has 0 bridgehead atoms. The van der Waals surface area contributed by atoms with Crippen LogP contribution in [-0.2, 0) is 16.0 Å². The van der Waals surface area contributed by atoms with Gasteiger partial charge in [-0.2, -0.15) is 0 Å². The van der Waals surface area contributed by atoms with Crippen LogP contribution in [0.25, 0.3) is 5.57 Å². The molecule has 1 aliphatic carbocycles. The Hall–Kier alpha value is -2.04. The molecule has 0 spiro atoms. The first-order chi connectivity index (χ1) is 10.4. The molecule has 2 aliphatic rings. The third-order valence-electron chi connectivity index (χ3n) is 4.12. The summed E-state index contributed by atoms with van der Waals surface area (Å²) in [6.07, 6.45) is 6.66. The molecule has 1 fully saturated rings. The Labute approximate surface area is 130 Å². The lowest BCUT2D eigenvalue weighted by Crippen LogP contribution is -2.36. The van der Waals surface area contributed by atoms with Crippen molar-refractivity contribution in [1.82, 2.24) is 9.97 Å². The minimum atomic E-state index is -0.452. The summed E-state index contributed by atoms with van der Waals surface area (Å²) < 4.78 is 0. The number of piperidine rings is 1. The number of carbonyl (C=O) groups excluding carboxylic acids is 2. The van der Waals surface area contributed by atoms with Gasteiger partial charge in [-0.3, -0.25) is 19.5 Å². The van der Waals surface area contributed by atoms with Crippen molar-refractivity contribution in [3.8, 4) is 0 Å². The largest absolute Gasteiger partial charge is 0.296 e. The van der Waals surface area contributed by atoms with Crippen LogP contribution in [0.2, 0.25) is 0 Å². The minimum Gasteiger partial charge on any atom is -0.296 e. The van der Waals surface area contributed by atoms with Crippen molar-refractivity contribution < 1.29 is 9.59 Å². The van der Waals surface area contributed by atoms with Gasteiger partial charge < -0.3 is 0 Å². The molecule has 1 aromatic rings. The average molecular weight is 299 g/mol. The van der Waals surface area contributed by atoms with Crippen molar-refractivity contribution in [3.05, 3.63) is 23.7 Å². The third-order valence-corrected chi connectivity index (χ3v) is 4.12. The van der Waals surface area contributed by atoms with E-state index >= 15 is 0 Å². The number of carbonyl (C=O) groups is 2. The van der Waals surface area contributed by atoms with Gasteiger partial charge in [0.2, 0.25) is 5.91 Å². The predicted molar refractivity (Wildman–Crippen MR) is 84.4 cm³/mol. The molecule has 1 saturated heterocycles. The van der Waals surface area contributed by atoms with Gasteiger partial charge in [0, 0.05) is 30.4 Å². The molecule has 22 heavy (non-hydrogen) atoms. The Morgan fingerprint density at radius 3 is 2.73 bits per heavy atom. The van der Waals surface area contributed by atoms with Crippen molar-refractivity contribution in [2.45, 2.75) is 46.5 Å². The molecule has 2 heterocycles. The maximum atomic E-state index is 12.6. The molecule has 0 saturated carbocycles. The van der Waals surface area contributed by atoms with Gasteiger partial charge in [0.15, 0.2) is 11.6 Å². The highest BCUT2D eigenvalue weighted by Crippen LogP contribution is 2.33. The second kappa shape index (κ2) is 5.30. The standard InChI is InChI=1S/C17H21N3O2/c1-17(2,3)16(22)11-7-8-12-15(11)19-13(10-18-12)20-9-5-4-6-14(20)21/h7,10H,4-6,8-9H2,1-3H3. The zero-order valence-electron chi connectivity index (χ0n) is 13.3. The summed E-state index contributed by atoms with van der Waals surface area (Å²) in [6.45, 7) is 6.39. The first kappa shape index (κ1) is 14.9. The quantitative estimate of drug-likeness (QED) is 0.842. The monoisotopic (exact) mass is 299 g/mol. The first-order valence-electron chi connectivity index (χ1n) is 7.79. The van der Waals surface area contributed by atoms with Gasteiger partial charge in [-0.25, -0.2) is 4.98 Å². The zero-order valence-corrected chi connectivity index (χ0v) is 13.3. The molecule has 1 aromatic heterocycles. The molecule has 5 heteroatoms. The summed E-state index contributed by atoms with van der Waals surface area (Å²) in [6, 6.07) is 0. The highest BCUT2D eigenvalue weighted by Gasteiger charge is 2.32. The molecule has 3 rings (SSSR count). The fourth-order valence-electron chi connectivity index (χ4n) is 2.85. The Morgan fingerprint density at radius 1 is 1.27 bits per heavy atom. The molecule has 0 atom stereocenters. The fraction of sp³-hybridized carbons (Fsp3) is 0.529. The molecular weight excluding hydrogens is 278 g/mol. The number of fused-ring (bicyclic) bond motifs is 1. The number of hydrogen-bond acceptors (Lipinski definition) is 4. The lowest BCUT2D eigenvalue weighted by Gasteiger charge is -2.26. The van der Waals surface area contributed by atoms with E-state index in [0.29, 0.717) is 36.5 Å². The number of ketones is 1. The molecular formula is C17H21N3O2. The van der Waals surface area contributed by atoms with E-state index in [1.807, 2.05) is 26.8 Å². The van der Waals surface area contributed by atoms with Crippen LogP contribution < -0.4 is 4.90 Å². The van der Waals surface area contributed by atoms with E-state index < -0.39 is 5.41 Å². The van der Waals surface area contributed by atoms with Crippen LogP contribution in [0, 0.1) is 5.41 Å². The van der Waals surface area contributed by atoms with E-state index in [9.17, 15) is 9.59 Å². The molecule has 1 amide bonds. The van der Waals surface area contributed by atoms with Crippen LogP contribution >= 0.6 is 0 Å². The summed E-state index contributed by atoms with van der Waals surface area (Å²) >= 11 is 0. The van der Waals surface area contributed by atoms with Crippen LogP contribution in [-0.4, -0.2) is 28.2 Å². The number of nitrogens with zero attached hydrogens (tertiary/aromatic N) is 3. The molecule has 0 N–H and O–H groups in total. The second-order valence-corrected chi connectivity index (χ2v) is 6.93. The molecule has 0 aromatic carbocycles. The lowest BCUT2D eigenvalue weighted by atomic mass is 9.86.